The van der Waals surface area contributed by atoms with Crippen LogP contribution in [-0.4, -0.2) is 34.3 Å². The van der Waals surface area contributed by atoms with Gasteiger partial charge in [-0.2, -0.15) is 0 Å². The molecule has 0 aliphatic rings. The van der Waals surface area contributed by atoms with Crippen molar-refractivity contribution in [2.45, 2.75) is 32.4 Å². The second-order valence-electron chi connectivity index (χ2n) is 5.29. The van der Waals surface area contributed by atoms with Gasteiger partial charge in [-0.3, -0.25) is 4.99 Å². The SMILES string of the molecule is CN=C(NCCCCn1cnnc1)NC(C)c1ccccc1Cl. The fraction of sp³-hybridized carbons (Fsp3) is 0.438. The minimum Gasteiger partial charge on any atom is -0.356 e. The minimum absolute atomic E-state index is 0.0897. The van der Waals surface area contributed by atoms with E-state index in [1.165, 1.54) is 0 Å². The molecule has 1 aromatic heterocycles. The van der Waals surface area contributed by atoms with Crippen LogP contribution < -0.4 is 10.6 Å². The summed E-state index contributed by atoms with van der Waals surface area (Å²) in [6.45, 7) is 3.86. The van der Waals surface area contributed by atoms with E-state index in [-0.39, 0.29) is 6.04 Å². The van der Waals surface area contributed by atoms with E-state index < -0.39 is 0 Å². The van der Waals surface area contributed by atoms with Crippen molar-refractivity contribution in [3.05, 3.63) is 47.5 Å². The van der Waals surface area contributed by atoms with Crippen molar-refractivity contribution in [2.24, 2.45) is 4.99 Å². The Bertz CT molecular complexity index is 611. The Morgan fingerprint density at radius 2 is 2.00 bits per heavy atom. The van der Waals surface area contributed by atoms with Gasteiger partial charge in [0.25, 0.3) is 0 Å². The molecule has 2 rings (SSSR count). The number of rotatable bonds is 7. The molecule has 2 N–H and O–H groups in total. The molecule has 1 heterocycles. The molecule has 0 aliphatic carbocycles. The Balaban J connectivity index is 1.72. The van der Waals surface area contributed by atoms with Crippen LogP contribution in [0.5, 0.6) is 0 Å². The molecule has 0 aliphatic heterocycles. The molecule has 1 atom stereocenters. The van der Waals surface area contributed by atoms with Crippen molar-refractivity contribution in [3.63, 3.8) is 0 Å². The van der Waals surface area contributed by atoms with Crippen molar-refractivity contribution in [3.8, 4) is 0 Å². The number of aromatic nitrogens is 3. The number of aryl methyl sites for hydroxylation is 1. The van der Waals surface area contributed by atoms with Gasteiger partial charge in [-0.1, -0.05) is 29.8 Å². The van der Waals surface area contributed by atoms with Crippen molar-refractivity contribution in [1.29, 1.82) is 0 Å². The Hall–Kier alpha value is -2.08. The first-order chi connectivity index (χ1) is 11.2. The number of halogens is 1. The fourth-order valence-corrected chi connectivity index (χ4v) is 2.57. The highest BCUT2D eigenvalue weighted by Crippen LogP contribution is 2.21. The van der Waals surface area contributed by atoms with E-state index in [1.807, 2.05) is 28.8 Å². The van der Waals surface area contributed by atoms with Crippen molar-refractivity contribution in [2.75, 3.05) is 13.6 Å². The number of hydrogen-bond donors (Lipinski definition) is 2. The minimum atomic E-state index is 0.0897. The molecule has 7 heteroatoms. The van der Waals surface area contributed by atoms with Gasteiger partial charge in [0.2, 0.25) is 0 Å². The molecule has 0 saturated carbocycles. The predicted octanol–water partition coefficient (Wildman–Crippen LogP) is 2.64. The Morgan fingerprint density at radius 3 is 2.70 bits per heavy atom. The summed E-state index contributed by atoms with van der Waals surface area (Å²) in [6.07, 6.45) is 5.57. The summed E-state index contributed by atoms with van der Waals surface area (Å²) in [6, 6.07) is 7.93. The first-order valence-electron chi connectivity index (χ1n) is 7.74. The molecule has 0 amide bonds. The molecule has 1 unspecified atom stereocenters. The number of guanidine groups is 1. The van der Waals surface area contributed by atoms with Crippen LogP contribution in [0.4, 0.5) is 0 Å². The molecule has 0 saturated heterocycles. The van der Waals surface area contributed by atoms with Crippen LogP contribution in [0.3, 0.4) is 0 Å². The topological polar surface area (TPSA) is 67.1 Å². The highest BCUT2D eigenvalue weighted by molar-refractivity contribution is 6.31. The van der Waals surface area contributed by atoms with Crippen molar-refractivity contribution >= 4 is 17.6 Å². The van der Waals surface area contributed by atoms with Crippen LogP contribution in [0.15, 0.2) is 41.9 Å². The van der Waals surface area contributed by atoms with E-state index in [0.717, 1.165) is 42.5 Å². The van der Waals surface area contributed by atoms with Crippen LogP contribution in [0.2, 0.25) is 5.02 Å². The van der Waals surface area contributed by atoms with Crippen LogP contribution in [-0.2, 0) is 6.54 Å². The molecule has 2 aromatic rings. The molecule has 0 radical (unpaired) electrons. The van der Waals surface area contributed by atoms with E-state index in [9.17, 15) is 0 Å². The van der Waals surface area contributed by atoms with Crippen LogP contribution in [0, 0.1) is 0 Å². The third kappa shape index (κ3) is 5.56. The van der Waals surface area contributed by atoms with E-state index in [2.05, 4.69) is 32.7 Å². The number of nitrogens with one attached hydrogen (secondary N) is 2. The lowest BCUT2D eigenvalue weighted by molar-refractivity contribution is 0.593. The summed E-state index contributed by atoms with van der Waals surface area (Å²) in [5.74, 6) is 0.779. The summed E-state index contributed by atoms with van der Waals surface area (Å²) in [7, 11) is 1.77. The molecular weight excluding hydrogens is 312 g/mol. The lowest BCUT2D eigenvalue weighted by Crippen LogP contribution is -2.39. The van der Waals surface area contributed by atoms with Gasteiger partial charge in [0.15, 0.2) is 5.96 Å². The van der Waals surface area contributed by atoms with Gasteiger partial charge in [-0.25, -0.2) is 0 Å². The van der Waals surface area contributed by atoms with Crippen LogP contribution in [0.25, 0.3) is 0 Å². The van der Waals surface area contributed by atoms with Gasteiger partial charge in [0.1, 0.15) is 12.7 Å². The third-order valence-electron chi connectivity index (χ3n) is 3.55. The first-order valence-corrected chi connectivity index (χ1v) is 8.12. The highest BCUT2D eigenvalue weighted by atomic mass is 35.5. The standard InChI is InChI=1S/C16H23ClN6/c1-13(14-7-3-4-8-15(14)17)22-16(18-2)19-9-5-6-10-23-11-20-21-12-23/h3-4,7-8,11-13H,5-6,9-10H2,1-2H3,(H2,18,19,22). The summed E-state index contributed by atoms with van der Waals surface area (Å²) in [5, 5.41) is 15.0. The largest absolute Gasteiger partial charge is 0.356 e. The smallest absolute Gasteiger partial charge is 0.191 e. The lowest BCUT2D eigenvalue weighted by Gasteiger charge is -2.19. The summed E-state index contributed by atoms with van der Waals surface area (Å²) in [5.41, 5.74) is 1.06. The predicted molar refractivity (Wildman–Crippen MR) is 93.6 cm³/mol. The molecular formula is C16H23ClN6. The average molecular weight is 335 g/mol. The van der Waals surface area contributed by atoms with Crippen LogP contribution >= 0.6 is 11.6 Å². The zero-order chi connectivity index (χ0) is 16.5. The Kier molecular flexibility index (Phi) is 6.87. The van der Waals surface area contributed by atoms with E-state index in [4.69, 9.17) is 11.6 Å². The second kappa shape index (κ2) is 9.15. The Labute approximate surface area is 142 Å². The molecule has 0 bridgehead atoms. The normalized spacial score (nSPS) is 12.9. The lowest BCUT2D eigenvalue weighted by atomic mass is 10.1. The van der Waals surface area contributed by atoms with Gasteiger partial charge in [0, 0.05) is 25.2 Å². The quantitative estimate of drug-likeness (QED) is 0.464. The Morgan fingerprint density at radius 1 is 1.26 bits per heavy atom. The molecule has 0 spiro atoms. The van der Waals surface area contributed by atoms with E-state index >= 15 is 0 Å². The number of unbranched alkanes of at least 4 members (excludes halogenated alkanes) is 1. The van der Waals surface area contributed by atoms with Gasteiger partial charge in [-0.15, -0.1) is 10.2 Å². The molecule has 1 aromatic carbocycles. The first kappa shape index (κ1) is 17.3. The average Bonchev–Trinajstić information content (AvgIpc) is 3.07. The number of hydrogen-bond acceptors (Lipinski definition) is 3. The maximum atomic E-state index is 6.23. The van der Waals surface area contributed by atoms with Gasteiger partial charge in [0.05, 0.1) is 6.04 Å². The zero-order valence-corrected chi connectivity index (χ0v) is 14.3. The van der Waals surface area contributed by atoms with E-state index in [0.29, 0.717) is 0 Å². The third-order valence-corrected chi connectivity index (χ3v) is 3.89. The fourth-order valence-electron chi connectivity index (χ4n) is 2.27. The highest BCUT2D eigenvalue weighted by Gasteiger charge is 2.10. The number of benzene rings is 1. The van der Waals surface area contributed by atoms with Gasteiger partial charge in [-0.05, 0) is 31.4 Å². The maximum absolute atomic E-state index is 6.23. The zero-order valence-electron chi connectivity index (χ0n) is 13.5. The molecule has 124 valence electrons. The summed E-state index contributed by atoms with van der Waals surface area (Å²) < 4.78 is 1.98. The monoisotopic (exact) mass is 334 g/mol. The van der Waals surface area contributed by atoms with Crippen LogP contribution in [0.1, 0.15) is 31.4 Å². The van der Waals surface area contributed by atoms with Gasteiger partial charge < -0.3 is 15.2 Å². The van der Waals surface area contributed by atoms with E-state index in [1.54, 1.807) is 19.7 Å². The maximum Gasteiger partial charge on any atom is 0.191 e. The molecule has 6 nitrogen and oxygen atoms in total. The number of nitrogens with zero attached hydrogens (tertiary/aromatic N) is 4. The second-order valence-corrected chi connectivity index (χ2v) is 5.70. The van der Waals surface area contributed by atoms with Crippen molar-refractivity contribution in [1.82, 2.24) is 25.4 Å². The summed E-state index contributed by atoms with van der Waals surface area (Å²) in [4.78, 5) is 4.26. The van der Waals surface area contributed by atoms with Gasteiger partial charge >= 0.3 is 0 Å². The number of aliphatic imine (C=N–C) groups is 1. The molecule has 23 heavy (non-hydrogen) atoms. The molecule has 0 fully saturated rings. The summed E-state index contributed by atoms with van der Waals surface area (Å²) >= 11 is 6.23. The van der Waals surface area contributed by atoms with Crippen molar-refractivity contribution < 1.29 is 0 Å².